The smallest absolute Gasteiger partial charge is 0.255 e. The summed E-state index contributed by atoms with van der Waals surface area (Å²) < 4.78 is 0. The van der Waals surface area contributed by atoms with Crippen LogP contribution in [0.5, 0.6) is 0 Å². The van der Waals surface area contributed by atoms with Crippen molar-refractivity contribution < 1.29 is 9.59 Å². The number of hydrogen-bond donors (Lipinski definition) is 0. The Kier molecular flexibility index (Phi) is 4.26. The fraction of sp³-hybridized carbons (Fsp3) is 0.650. The zero-order chi connectivity index (χ0) is 17.4. The average molecular weight is 341 g/mol. The van der Waals surface area contributed by atoms with Crippen molar-refractivity contribution in [1.29, 1.82) is 0 Å². The van der Waals surface area contributed by atoms with Gasteiger partial charge >= 0.3 is 0 Å². The topological polar surface area (TPSA) is 53.5 Å². The predicted octanol–water partition coefficient (Wildman–Crippen LogP) is 2.64. The van der Waals surface area contributed by atoms with Gasteiger partial charge in [-0.15, -0.1) is 0 Å². The fourth-order valence-corrected chi connectivity index (χ4v) is 4.40. The molecule has 25 heavy (non-hydrogen) atoms. The van der Waals surface area contributed by atoms with Crippen molar-refractivity contribution in [2.45, 2.75) is 45.4 Å². The molecule has 3 aliphatic rings. The van der Waals surface area contributed by atoms with E-state index in [4.69, 9.17) is 0 Å². The number of rotatable bonds is 3. The lowest BCUT2D eigenvalue weighted by Gasteiger charge is -2.27. The molecule has 1 aliphatic carbocycles. The van der Waals surface area contributed by atoms with Gasteiger partial charge in [-0.05, 0) is 63.0 Å². The molecule has 1 saturated carbocycles. The predicted molar refractivity (Wildman–Crippen MR) is 95.1 cm³/mol. The number of hydrogen-bond acceptors (Lipinski definition) is 3. The summed E-state index contributed by atoms with van der Waals surface area (Å²) in [6, 6.07) is 1.88. The molecular formula is C20H27N3O2. The first-order chi connectivity index (χ1) is 12.1. The van der Waals surface area contributed by atoms with Crippen LogP contribution in [-0.4, -0.2) is 52.8 Å². The van der Waals surface area contributed by atoms with Crippen LogP contribution in [0.3, 0.4) is 0 Å². The first-order valence-electron chi connectivity index (χ1n) is 9.58. The standard InChI is InChI=1S/C20H27N3O2/c1-15-5-9-21-13-17(15)18(24)22-10-2-6-20(7-11-22)8-12-23(19(20)25)14-16-3-4-16/h5,9,13,16H,2-4,6-8,10-12,14H2,1H3/t20-/m1/s1. The summed E-state index contributed by atoms with van der Waals surface area (Å²) in [5.74, 6) is 1.16. The van der Waals surface area contributed by atoms with E-state index in [2.05, 4.69) is 9.88 Å². The second kappa shape index (κ2) is 6.43. The van der Waals surface area contributed by atoms with Gasteiger partial charge in [0.25, 0.3) is 5.91 Å². The van der Waals surface area contributed by atoms with E-state index in [1.54, 1.807) is 12.4 Å². The Balaban J connectivity index is 1.44. The Labute approximate surface area is 149 Å². The zero-order valence-electron chi connectivity index (χ0n) is 15.0. The highest BCUT2D eigenvalue weighted by Crippen LogP contribution is 2.43. The molecule has 0 aromatic carbocycles. The van der Waals surface area contributed by atoms with Crippen molar-refractivity contribution in [2.24, 2.45) is 11.3 Å². The summed E-state index contributed by atoms with van der Waals surface area (Å²) in [6.07, 6.45) is 9.54. The number of nitrogens with zero attached hydrogens (tertiary/aromatic N) is 3. The summed E-state index contributed by atoms with van der Waals surface area (Å²) in [5, 5.41) is 0. The van der Waals surface area contributed by atoms with Gasteiger partial charge in [-0.3, -0.25) is 14.6 Å². The van der Waals surface area contributed by atoms with E-state index in [0.29, 0.717) is 18.0 Å². The van der Waals surface area contributed by atoms with Gasteiger partial charge in [-0.1, -0.05) is 0 Å². The number of aryl methyl sites for hydroxylation is 1. The highest BCUT2D eigenvalue weighted by atomic mass is 16.2. The summed E-state index contributed by atoms with van der Waals surface area (Å²) >= 11 is 0. The highest BCUT2D eigenvalue weighted by molar-refractivity contribution is 5.95. The maximum Gasteiger partial charge on any atom is 0.255 e. The molecule has 3 heterocycles. The summed E-state index contributed by atoms with van der Waals surface area (Å²) in [6.45, 7) is 5.23. The lowest BCUT2D eigenvalue weighted by Crippen LogP contribution is -2.37. The number of amides is 2. The third-order valence-corrected chi connectivity index (χ3v) is 6.28. The first-order valence-corrected chi connectivity index (χ1v) is 9.58. The molecule has 2 saturated heterocycles. The molecule has 0 radical (unpaired) electrons. The fourth-order valence-electron chi connectivity index (χ4n) is 4.40. The quantitative estimate of drug-likeness (QED) is 0.849. The lowest BCUT2D eigenvalue weighted by molar-refractivity contribution is -0.136. The van der Waals surface area contributed by atoms with Gasteiger partial charge in [0.1, 0.15) is 0 Å². The van der Waals surface area contributed by atoms with Crippen molar-refractivity contribution in [3.8, 4) is 0 Å². The summed E-state index contributed by atoms with van der Waals surface area (Å²) in [4.78, 5) is 34.0. The Bertz CT molecular complexity index is 685. The van der Waals surface area contributed by atoms with E-state index in [1.165, 1.54) is 12.8 Å². The minimum atomic E-state index is -0.214. The first kappa shape index (κ1) is 16.6. The minimum Gasteiger partial charge on any atom is -0.342 e. The zero-order valence-corrected chi connectivity index (χ0v) is 15.0. The molecule has 0 bridgehead atoms. The molecule has 2 amide bonds. The molecule has 3 fully saturated rings. The molecule has 5 nitrogen and oxygen atoms in total. The Morgan fingerprint density at radius 1 is 1.24 bits per heavy atom. The van der Waals surface area contributed by atoms with Crippen LogP contribution in [0.15, 0.2) is 18.5 Å². The number of carbonyl (C=O) groups excluding carboxylic acids is 2. The molecule has 1 atom stereocenters. The summed E-state index contributed by atoms with van der Waals surface area (Å²) in [7, 11) is 0. The largest absolute Gasteiger partial charge is 0.342 e. The van der Waals surface area contributed by atoms with Crippen molar-refractivity contribution in [3.05, 3.63) is 29.6 Å². The van der Waals surface area contributed by atoms with E-state index in [9.17, 15) is 9.59 Å². The van der Waals surface area contributed by atoms with Crippen LogP contribution >= 0.6 is 0 Å². The maximum atomic E-state index is 13.0. The number of pyridine rings is 1. The molecule has 1 spiro atoms. The number of aromatic nitrogens is 1. The van der Waals surface area contributed by atoms with Gasteiger partial charge in [0.2, 0.25) is 5.91 Å². The van der Waals surface area contributed by atoms with Crippen LogP contribution < -0.4 is 0 Å². The van der Waals surface area contributed by atoms with Gasteiger partial charge < -0.3 is 9.80 Å². The van der Waals surface area contributed by atoms with Gasteiger partial charge in [0, 0.05) is 38.6 Å². The van der Waals surface area contributed by atoms with Crippen LogP contribution in [0.2, 0.25) is 0 Å². The van der Waals surface area contributed by atoms with E-state index in [-0.39, 0.29) is 11.3 Å². The second-order valence-electron chi connectivity index (χ2n) is 8.06. The molecule has 0 unspecified atom stereocenters. The molecule has 5 heteroatoms. The van der Waals surface area contributed by atoms with Gasteiger partial charge in [-0.25, -0.2) is 0 Å². The third-order valence-electron chi connectivity index (χ3n) is 6.28. The van der Waals surface area contributed by atoms with E-state index >= 15 is 0 Å². The number of likely N-dealkylation sites (tertiary alicyclic amines) is 2. The molecule has 1 aromatic rings. The second-order valence-corrected chi connectivity index (χ2v) is 8.06. The van der Waals surface area contributed by atoms with E-state index in [1.807, 2.05) is 17.9 Å². The Morgan fingerprint density at radius 2 is 2.04 bits per heavy atom. The van der Waals surface area contributed by atoms with Crippen molar-refractivity contribution in [1.82, 2.24) is 14.8 Å². The van der Waals surface area contributed by atoms with Gasteiger partial charge in [0.05, 0.1) is 11.0 Å². The van der Waals surface area contributed by atoms with Gasteiger partial charge in [0.15, 0.2) is 0 Å². The monoisotopic (exact) mass is 341 g/mol. The third kappa shape index (κ3) is 3.16. The number of carbonyl (C=O) groups is 2. The lowest BCUT2D eigenvalue weighted by atomic mass is 9.79. The average Bonchev–Trinajstić information content (AvgIpc) is 3.40. The van der Waals surface area contributed by atoms with Crippen LogP contribution in [-0.2, 0) is 4.79 Å². The van der Waals surface area contributed by atoms with Crippen LogP contribution in [0, 0.1) is 18.3 Å². The maximum absolute atomic E-state index is 13.0. The molecule has 134 valence electrons. The van der Waals surface area contributed by atoms with Crippen LogP contribution in [0.1, 0.15) is 54.4 Å². The highest BCUT2D eigenvalue weighted by Gasteiger charge is 2.48. The normalized spacial score (nSPS) is 27.0. The molecular weight excluding hydrogens is 314 g/mol. The van der Waals surface area contributed by atoms with Crippen molar-refractivity contribution >= 4 is 11.8 Å². The molecule has 0 N–H and O–H groups in total. The van der Waals surface area contributed by atoms with E-state index < -0.39 is 0 Å². The Hall–Kier alpha value is -1.91. The molecule has 2 aliphatic heterocycles. The van der Waals surface area contributed by atoms with Crippen molar-refractivity contribution in [3.63, 3.8) is 0 Å². The van der Waals surface area contributed by atoms with Crippen molar-refractivity contribution in [2.75, 3.05) is 26.2 Å². The SMILES string of the molecule is Cc1ccncc1C(=O)N1CCC[C@@]2(CC1)CCN(CC1CC1)C2=O. The van der Waals surface area contributed by atoms with Crippen LogP contribution in [0.25, 0.3) is 0 Å². The Morgan fingerprint density at radius 3 is 2.80 bits per heavy atom. The van der Waals surface area contributed by atoms with Gasteiger partial charge in [-0.2, -0.15) is 0 Å². The summed E-state index contributed by atoms with van der Waals surface area (Å²) in [5.41, 5.74) is 1.44. The van der Waals surface area contributed by atoms with E-state index in [0.717, 1.165) is 56.8 Å². The van der Waals surface area contributed by atoms with Crippen LogP contribution in [0.4, 0.5) is 0 Å². The minimum absolute atomic E-state index is 0.0583. The molecule has 4 rings (SSSR count). The molecule has 1 aromatic heterocycles.